The summed E-state index contributed by atoms with van der Waals surface area (Å²) in [4.78, 5) is 5.38. The van der Waals surface area contributed by atoms with Gasteiger partial charge in [0.15, 0.2) is 0 Å². The maximum absolute atomic E-state index is 5.79. The van der Waals surface area contributed by atoms with E-state index in [4.69, 9.17) is 4.74 Å². The fourth-order valence-corrected chi connectivity index (χ4v) is 4.46. The van der Waals surface area contributed by atoms with Crippen molar-refractivity contribution in [2.24, 2.45) is 0 Å². The van der Waals surface area contributed by atoms with Gasteiger partial charge in [-0.1, -0.05) is 36.8 Å². The fraction of sp³-hybridized carbons (Fsp3) is 0.684. The lowest BCUT2D eigenvalue weighted by atomic mass is 9.78. The van der Waals surface area contributed by atoms with Crippen molar-refractivity contribution in [2.45, 2.75) is 37.1 Å². The molecule has 4 rings (SSSR count). The topological polar surface area (TPSA) is 15.7 Å². The van der Waals surface area contributed by atoms with Crippen molar-refractivity contribution < 1.29 is 4.74 Å². The van der Waals surface area contributed by atoms with Gasteiger partial charge in [0.1, 0.15) is 0 Å². The highest BCUT2D eigenvalue weighted by molar-refractivity contribution is 5.27. The van der Waals surface area contributed by atoms with E-state index in [0.717, 1.165) is 19.3 Å². The highest BCUT2D eigenvalue weighted by atomic mass is 16.5. The first-order chi connectivity index (χ1) is 10.9. The Morgan fingerprint density at radius 1 is 1.05 bits per heavy atom. The number of ether oxygens (including phenoxy) is 1. The number of rotatable bonds is 4. The molecule has 22 heavy (non-hydrogen) atoms. The second-order valence-corrected chi connectivity index (χ2v) is 7.39. The Balaban J connectivity index is 1.38. The van der Waals surface area contributed by atoms with Crippen LogP contribution in [0.15, 0.2) is 30.3 Å². The first-order valence-corrected chi connectivity index (χ1v) is 8.95. The summed E-state index contributed by atoms with van der Waals surface area (Å²) in [6, 6.07) is 11.8. The molecule has 1 aromatic carbocycles. The Kier molecular flexibility index (Phi) is 4.21. The van der Waals surface area contributed by atoms with Gasteiger partial charge in [-0.3, -0.25) is 9.80 Å². The van der Waals surface area contributed by atoms with Crippen LogP contribution in [0.4, 0.5) is 0 Å². The van der Waals surface area contributed by atoms with Crippen molar-refractivity contribution >= 4 is 0 Å². The lowest BCUT2D eigenvalue weighted by Crippen LogP contribution is -2.62. The Morgan fingerprint density at radius 2 is 1.82 bits per heavy atom. The number of hydrogen-bond donors (Lipinski definition) is 0. The van der Waals surface area contributed by atoms with Crippen LogP contribution in [-0.4, -0.2) is 61.8 Å². The zero-order valence-electron chi connectivity index (χ0n) is 13.5. The van der Waals surface area contributed by atoms with E-state index in [0.29, 0.717) is 0 Å². The summed E-state index contributed by atoms with van der Waals surface area (Å²) >= 11 is 0. The van der Waals surface area contributed by atoms with E-state index in [-0.39, 0.29) is 5.41 Å². The quantitative estimate of drug-likeness (QED) is 0.850. The number of nitrogens with zero attached hydrogens (tertiary/aromatic N) is 2. The van der Waals surface area contributed by atoms with Gasteiger partial charge in [-0.25, -0.2) is 0 Å². The van der Waals surface area contributed by atoms with Crippen molar-refractivity contribution in [1.29, 1.82) is 0 Å². The van der Waals surface area contributed by atoms with Gasteiger partial charge in [-0.2, -0.15) is 0 Å². The van der Waals surface area contributed by atoms with Crippen LogP contribution >= 0.6 is 0 Å². The van der Waals surface area contributed by atoms with Gasteiger partial charge < -0.3 is 4.74 Å². The predicted octanol–water partition coefficient (Wildman–Crippen LogP) is 2.51. The van der Waals surface area contributed by atoms with Crippen LogP contribution in [0.2, 0.25) is 0 Å². The summed E-state index contributed by atoms with van der Waals surface area (Å²) in [6.07, 6.45) is 5.40. The van der Waals surface area contributed by atoms with Crippen molar-refractivity contribution in [2.75, 3.05) is 45.9 Å². The van der Waals surface area contributed by atoms with Crippen LogP contribution in [0, 0.1) is 0 Å². The molecular formula is C19H28N2O. The molecule has 1 unspecified atom stereocenters. The van der Waals surface area contributed by atoms with Gasteiger partial charge >= 0.3 is 0 Å². The Bertz CT molecular complexity index is 471. The largest absolute Gasteiger partial charge is 0.380 e. The molecule has 120 valence electrons. The first kappa shape index (κ1) is 14.7. The molecule has 1 aromatic rings. The maximum atomic E-state index is 5.79. The third-order valence-electron chi connectivity index (χ3n) is 5.86. The van der Waals surface area contributed by atoms with Crippen LogP contribution < -0.4 is 0 Å². The smallest absolute Gasteiger partial charge is 0.0576 e. The summed E-state index contributed by atoms with van der Waals surface area (Å²) in [7, 11) is 0. The molecule has 3 nitrogen and oxygen atoms in total. The van der Waals surface area contributed by atoms with Crippen LogP contribution in [0.25, 0.3) is 0 Å². The molecule has 0 saturated carbocycles. The molecule has 1 atom stereocenters. The Labute approximate surface area is 134 Å². The highest BCUT2D eigenvalue weighted by Crippen LogP contribution is 2.35. The van der Waals surface area contributed by atoms with Crippen LogP contribution in [0.1, 0.15) is 31.2 Å². The van der Waals surface area contributed by atoms with Crippen LogP contribution in [0.5, 0.6) is 0 Å². The van der Waals surface area contributed by atoms with Gasteiger partial charge in [0.2, 0.25) is 0 Å². The maximum Gasteiger partial charge on any atom is 0.0576 e. The minimum Gasteiger partial charge on any atom is -0.380 e. The molecular weight excluding hydrogens is 272 g/mol. The molecule has 3 saturated heterocycles. The molecule has 0 aliphatic carbocycles. The van der Waals surface area contributed by atoms with Gasteiger partial charge in [0, 0.05) is 37.7 Å². The predicted molar refractivity (Wildman–Crippen MR) is 89.2 cm³/mol. The third kappa shape index (κ3) is 2.82. The summed E-state index contributed by atoms with van der Waals surface area (Å²) in [5.41, 5.74) is 1.70. The summed E-state index contributed by atoms with van der Waals surface area (Å²) in [5.74, 6) is 0. The Hall–Kier alpha value is -0.900. The molecule has 0 spiro atoms. The number of benzene rings is 1. The number of hydrogen-bond acceptors (Lipinski definition) is 3. The van der Waals surface area contributed by atoms with E-state index in [2.05, 4.69) is 40.1 Å². The monoisotopic (exact) mass is 300 g/mol. The molecule has 3 heterocycles. The lowest BCUT2D eigenvalue weighted by molar-refractivity contribution is 0.00804. The van der Waals surface area contributed by atoms with E-state index < -0.39 is 0 Å². The number of likely N-dealkylation sites (tertiary alicyclic amines) is 2. The van der Waals surface area contributed by atoms with Crippen LogP contribution in [-0.2, 0) is 10.2 Å². The van der Waals surface area contributed by atoms with E-state index in [1.165, 1.54) is 64.0 Å². The third-order valence-corrected chi connectivity index (χ3v) is 5.86. The molecule has 0 aromatic heterocycles. The fourth-order valence-electron chi connectivity index (χ4n) is 4.46. The normalized spacial score (nSPS) is 31.3. The average molecular weight is 300 g/mol. The number of piperidine rings is 1. The summed E-state index contributed by atoms with van der Waals surface area (Å²) in [6.45, 7) is 8.14. The zero-order chi connectivity index (χ0) is 14.8. The van der Waals surface area contributed by atoms with Crippen molar-refractivity contribution in [3.63, 3.8) is 0 Å². The van der Waals surface area contributed by atoms with E-state index in [9.17, 15) is 0 Å². The molecule has 0 bridgehead atoms. The van der Waals surface area contributed by atoms with Gasteiger partial charge in [-0.05, 0) is 37.9 Å². The molecule has 0 radical (unpaired) electrons. The molecule has 3 fully saturated rings. The minimum atomic E-state index is 0.230. The lowest BCUT2D eigenvalue weighted by Gasteiger charge is -2.49. The van der Waals surface area contributed by atoms with Gasteiger partial charge in [0.05, 0.1) is 6.61 Å². The van der Waals surface area contributed by atoms with Crippen molar-refractivity contribution in [1.82, 2.24) is 9.80 Å². The standard InChI is InChI=1S/C19H28N2O/c1-3-7-17(8-4-1)19(9-12-22-16-19)15-20-13-18(14-20)21-10-5-2-6-11-21/h1,3-4,7-8,18H,2,5-6,9-16H2. The molecule has 3 aliphatic heterocycles. The Morgan fingerprint density at radius 3 is 2.50 bits per heavy atom. The van der Waals surface area contributed by atoms with Gasteiger partial charge in [0.25, 0.3) is 0 Å². The van der Waals surface area contributed by atoms with Crippen molar-refractivity contribution in [3.8, 4) is 0 Å². The van der Waals surface area contributed by atoms with E-state index >= 15 is 0 Å². The van der Waals surface area contributed by atoms with E-state index in [1.807, 2.05) is 0 Å². The molecule has 3 heteroatoms. The second kappa shape index (κ2) is 6.31. The molecule has 0 N–H and O–H groups in total. The summed E-state index contributed by atoms with van der Waals surface area (Å²) in [5, 5.41) is 0. The highest BCUT2D eigenvalue weighted by Gasteiger charge is 2.42. The SMILES string of the molecule is c1ccc(C2(CN3CC(N4CCCCC4)C3)CCOC2)cc1. The van der Waals surface area contributed by atoms with Crippen LogP contribution in [0.3, 0.4) is 0 Å². The second-order valence-electron chi connectivity index (χ2n) is 7.39. The van der Waals surface area contributed by atoms with E-state index in [1.54, 1.807) is 0 Å². The van der Waals surface area contributed by atoms with Gasteiger partial charge in [-0.15, -0.1) is 0 Å². The molecule has 3 aliphatic rings. The zero-order valence-corrected chi connectivity index (χ0v) is 13.5. The van der Waals surface area contributed by atoms with Crippen molar-refractivity contribution in [3.05, 3.63) is 35.9 Å². The minimum absolute atomic E-state index is 0.230. The molecule has 0 amide bonds. The first-order valence-electron chi connectivity index (χ1n) is 8.95. The average Bonchev–Trinajstić information content (AvgIpc) is 3.02. The summed E-state index contributed by atoms with van der Waals surface area (Å²) < 4.78 is 5.79.